The van der Waals surface area contributed by atoms with E-state index < -0.39 is 10.3 Å². The second-order valence-corrected chi connectivity index (χ2v) is 3.87. The highest BCUT2D eigenvalue weighted by Crippen LogP contribution is 2.25. The number of rotatable bonds is 4. The summed E-state index contributed by atoms with van der Waals surface area (Å²) in [4.78, 5) is 0. The van der Waals surface area contributed by atoms with E-state index in [9.17, 15) is 13.5 Å². The Balaban J connectivity index is 2.84. The Morgan fingerprint density at radius 3 is 2.64 bits per heavy atom. The Labute approximate surface area is 82.6 Å². The van der Waals surface area contributed by atoms with Gasteiger partial charge in [-0.15, -0.1) is 0 Å². The molecule has 5 nitrogen and oxygen atoms in total. The maximum Gasteiger partial charge on any atom is 0.382 e. The van der Waals surface area contributed by atoms with Crippen LogP contribution in [-0.2, 0) is 10.3 Å². The van der Waals surface area contributed by atoms with E-state index in [0.29, 0.717) is 0 Å². The standard InChI is InChI=1S/C8H11NO4S/c1-2-9-14(11,12)13-8-6-4-3-5-7(8)10/h3-6,9-10H,2H2,1H3. The molecule has 0 saturated heterocycles. The fourth-order valence-electron chi connectivity index (χ4n) is 0.852. The van der Waals surface area contributed by atoms with E-state index in [-0.39, 0.29) is 18.0 Å². The molecule has 0 aliphatic heterocycles. The molecule has 6 heteroatoms. The average molecular weight is 217 g/mol. The van der Waals surface area contributed by atoms with Crippen LogP contribution in [0.2, 0.25) is 0 Å². The Kier molecular flexibility index (Phi) is 3.32. The minimum atomic E-state index is -3.82. The van der Waals surface area contributed by atoms with Crippen molar-refractivity contribution >= 4 is 10.3 Å². The monoisotopic (exact) mass is 217 g/mol. The SMILES string of the molecule is CCNS(=O)(=O)Oc1ccccc1O. The van der Waals surface area contributed by atoms with E-state index in [1.807, 2.05) is 0 Å². The van der Waals surface area contributed by atoms with Crippen molar-refractivity contribution in [2.75, 3.05) is 6.54 Å². The van der Waals surface area contributed by atoms with Gasteiger partial charge in [0.1, 0.15) is 0 Å². The zero-order chi connectivity index (χ0) is 10.6. The lowest BCUT2D eigenvalue weighted by molar-refractivity contribution is 0.423. The summed E-state index contributed by atoms with van der Waals surface area (Å²) in [7, 11) is -3.82. The summed E-state index contributed by atoms with van der Waals surface area (Å²) in [5, 5.41) is 9.22. The molecule has 0 aliphatic rings. The number of phenols is 1. The van der Waals surface area contributed by atoms with Crippen LogP contribution in [0.5, 0.6) is 11.5 Å². The molecule has 0 atom stereocenters. The van der Waals surface area contributed by atoms with Crippen LogP contribution in [0.1, 0.15) is 6.92 Å². The first kappa shape index (κ1) is 10.8. The van der Waals surface area contributed by atoms with Gasteiger partial charge in [-0.2, -0.15) is 13.1 Å². The quantitative estimate of drug-likeness (QED) is 0.775. The number of nitrogens with one attached hydrogen (secondary N) is 1. The highest BCUT2D eigenvalue weighted by atomic mass is 32.2. The lowest BCUT2D eigenvalue weighted by Crippen LogP contribution is -2.27. The van der Waals surface area contributed by atoms with Crippen LogP contribution in [0.25, 0.3) is 0 Å². The number of benzene rings is 1. The number of para-hydroxylation sites is 2. The molecule has 0 aliphatic carbocycles. The maximum atomic E-state index is 11.1. The summed E-state index contributed by atoms with van der Waals surface area (Å²) in [6.45, 7) is 1.86. The Hall–Kier alpha value is -1.27. The molecule has 14 heavy (non-hydrogen) atoms. The Bertz CT molecular complexity index is 402. The smallest absolute Gasteiger partial charge is 0.382 e. The molecular formula is C8H11NO4S. The molecule has 0 bridgehead atoms. The largest absolute Gasteiger partial charge is 0.504 e. The second kappa shape index (κ2) is 4.30. The van der Waals surface area contributed by atoms with Gasteiger partial charge in [-0.05, 0) is 12.1 Å². The van der Waals surface area contributed by atoms with Gasteiger partial charge in [0.25, 0.3) is 0 Å². The highest BCUT2D eigenvalue weighted by molar-refractivity contribution is 7.85. The first-order chi connectivity index (χ1) is 6.55. The van der Waals surface area contributed by atoms with Crippen LogP contribution in [0.15, 0.2) is 24.3 Å². The van der Waals surface area contributed by atoms with Crippen LogP contribution < -0.4 is 8.91 Å². The van der Waals surface area contributed by atoms with Crippen molar-refractivity contribution in [3.05, 3.63) is 24.3 Å². The number of hydrogen-bond acceptors (Lipinski definition) is 4. The molecule has 1 aromatic carbocycles. The number of phenolic OH excluding ortho intramolecular Hbond substituents is 1. The van der Waals surface area contributed by atoms with Crippen molar-refractivity contribution in [3.8, 4) is 11.5 Å². The zero-order valence-electron chi connectivity index (χ0n) is 7.60. The molecule has 1 aromatic rings. The average Bonchev–Trinajstić information content (AvgIpc) is 2.08. The van der Waals surface area contributed by atoms with Gasteiger partial charge in [-0.25, -0.2) is 0 Å². The van der Waals surface area contributed by atoms with Gasteiger partial charge in [0.05, 0.1) is 0 Å². The molecule has 0 aromatic heterocycles. The first-order valence-electron chi connectivity index (χ1n) is 4.02. The van der Waals surface area contributed by atoms with Crippen molar-refractivity contribution in [1.82, 2.24) is 4.72 Å². The maximum absolute atomic E-state index is 11.1. The van der Waals surface area contributed by atoms with Crippen LogP contribution in [0.4, 0.5) is 0 Å². The van der Waals surface area contributed by atoms with Gasteiger partial charge >= 0.3 is 10.3 Å². The molecule has 0 radical (unpaired) electrons. The van der Waals surface area contributed by atoms with E-state index in [0.717, 1.165) is 0 Å². The van der Waals surface area contributed by atoms with E-state index >= 15 is 0 Å². The van der Waals surface area contributed by atoms with Gasteiger partial charge in [-0.3, -0.25) is 0 Å². The Morgan fingerprint density at radius 1 is 1.43 bits per heavy atom. The summed E-state index contributed by atoms with van der Waals surface area (Å²) >= 11 is 0. The van der Waals surface area contributed by atoms with E-state index in [2.05, 4.69) is 8.91 Å². The predicted molar refractivity (Wildman–Crippen MR) is 51.3 cm³/mol. The topological polar surface area (TPSA) is 75.6 Å². The van der Waals surface area contributed by atoms with Crippen LogP contribution in [0.3, 0.4) is 0 Å². The molecule has 0 heterocycles. The second-order valence-electron chi connectivity index (χ2n) is 2.50. The zero-order valence-corrected chi connectivity index (χ0v) is 8.41. The van der Waals surface area contributed by atoms with E-state index in [4.69, 9.17) is 0 Å². The van der Waals surface area contributed by atoms with Gasteiger partial charge in [0, 0.05) is 6.54 Å². The number of hydrogen-bond donors (Lipinski definition) is 2. The van der Waals surface area contributed by atoms with Gasteiger partial charge in [-0.1, -0.05) is 19.1 Å². The third-order valence-electron chi connectivity index (χ3n) is 1.39. The van der Waals surface area contributed by atoms with Crippen molar-refractivity contribution in [3.63, 3.8) is 0 Å². The summed E-state index contributed by atoms with van der Waals surface area (Å²) in [6, 6.07) is 5.85. The summed E-state index contributed by atoms with van der Waals surface area (Å²) in [6.07, 6.45) is 0. The molecule has 0 saturated carbocycles. The summed E-state index contributed by atoms with van der Waals surface area (Å²) in [5.41, 5.74) is 0. The lowest BCUT2D eigenvalue weighted by Gasteiger charge is -2.07. The van der Waals surface area contributed by atoms with Crippen LogP contribution in [0, 0.1) is 0 Å². The lowest BCUT2D eigenvalue weighted by atomic mass is 10.3. The molecule has 0 fully saturated rings. The van der Waals surface area contributed by atoms with Crippen LogP contribution >= 0.6 is 0 Å². The van der Waals surface area contributed by atoms with Crippen molar-refractivity contribution in [1.29, 1.82) is 0 Å². The van der Waals surface area contributed by atoms with Gasteiger partial charge in [0.2, 0.25) is 0 Å². The van der Waals surface area contributed by atoms with Crippen molar-refractivity contribution in [2.45, 2.75) is 6.92 Å². The minimum Gasteiger partial charge on any atom is -0.504 e. The molecule has 0 spiro atoms. The van der Waals surface area contributed by atoms with Crippen molar-refractivity contribution in [2.24, 2.45) is 0 Å². The molecule has 78 valence electrons. The third-order valence-corrected chi connectivity index (χ3v) is 2.43. The van der Waals surface area contributed by atoms with Gasteiger partial charge in [0.15, 0.2) is 11.5 Å². The molecule has 0 amide bonds. The predicted octanol–water partition coefficient (Wildman–Crippen LogP) is 0.625. The minimum absolute atomic E-state index is 0.0894. The Morgan fingerprint density at radius 2 is 2.07 bits per heavy atom. The third kappa shape index (κ3) is 2.90. The summed E-state index contributed by atoms with van der Waals surface area (Å²) in [5.74, 6) is -0.303. The normalized spacial score (nSPS) is 11.2. The fraction of sp³-hybridized carbons (Fsp3) is 0.250. The van der Waals surface area contributed by atoms with E-state index in [1.54, 1.807) is 19.1 Å². The molecule has 1 rings (SSSR count). The first-order valence-corrected chi connectivity index (χ1v) is 5.43. The van der Waals surface area contributed by atoms with E-state index in [1.165, 1.54) is 12.1 Å². The fourth-order valence-corrected chi connectivity index (χ4v) is 1.64. The molecule has 2 N–H and O–H groups in total. The highest BCUT2D eigenvalue weighted by Gasteiger charge is 2.12. The molecule has 0 unspecified atom stereocenters. The van der Waals surface area contributed by atoms with Gasteiger partial charge < -0.3 is 9.29 Å². The molecular weight excluding hydrogens is 206 g/mol. The van der Waals surface area contributed by atoms with Crippen LogP contribution in [-0.4, -0.2) is 20.1 Å². The summed E-state index contributed by atoms with van der Waals surface area (Å²) < 4.78 is 28.9. The van der Waals surface area contributed by atoms with Crippen molar-refractivity contribution < 1.29 is 17.7 Å². The number of aromatic hydroxyl groups is 1.